The summed E-state index contributed by atoms with van der Waals surface area (Å²) in [5.74, 6) is 0.572. The molecule has 0 saturated heterocycles. The van der Waals surface area contributed by atoms with Gasteiger partial charge in [0.2, 0.25) is 5.16 Å². The molecule has 20 heavy (non-hydrogen) atoms. The van der Waals surface area contributed by atoms with Crippen molar-refractivity contribution in [3.8, 4) is 5.69 Å². The number of aliphatic hydroxyl groups excluding tert-OH is 1. The number of quaternary nitrogens is 1. The Morgan fingerprint density at radius 2 is 1.95 bits per heavy atom. The summed E-state index contributed by atoms with van der Waals surface area (Å²) in [5, 5.41) is 22.4. The van der Waals surface area contributed by atoms with Gasteiger partial charge in [-0.25, -0.2) is 0 Å². The Morgan fingerprint density at radius 1 is 1.25 bits per heavy atom. The molecule has 6 nitrogen and oxygen atoms in total. The third-order valence-corrected chi connectivity index (χ3v) is 3.67. The van der Waals surface area contributed by atoms with Gasteiger partial charge in [-0.1, -0.05) is 30.0 Å². The van der Waals surface area contributed by atoms with Crippen molar-refractivity contribution < 1.29 is 9.59 Å². The van der Waals surface area contributed by atoms with Gasteiger partial charge in [0, 0.05) is 5.75 Å². The number of aromatic nitrogens is 4. The van der Waals surface area contributed by atoms with E-state index in [0.29, 0.717) is 17.5 Å². The molecular weight excluding hydrogens is 274 g/mol. The molecule has 7 heteroatoms. The van der Waals surface area contributed by atoms with Crippen LogP contribution in [0.25, 0.3) is 5.69 Å². The van der Waals surface area contributed by atoms with Crippen molar-refractivity contribution in [1.29, 1.82) is 0 Å². The van der Waals surface area contributed by atoms with Gasteiger partial charge in [0.05, 0.1) is 26.8 Å². The molecule has 0 spiro atoms. The molecule has 0 saturated carbocycles. The van der Waals surface area contributed by atoms with Crippen molar-refractivity contribution in [2.45, 2.75) is 11.3 Å². The predicted octanol–water partition coefficient (Wildman–Crippen LogP) is 0.821. The van der Waals surface area contributed by atoms with E-state index in [4.69, 9.17) is 0 Å². The Bertz CT molecular complexity index is 537. The highest BCUT2D eigenvalue weighted by Gasteiger charge is 2.17. The van der Waals surface area contributed by atoms with Crippen molar-refractivity contribution in [2.24, 2.45) is 0 Å². The molecule has 1 aromatic heterocycles. The van der Waals surface area contributed by atoms with Crippen LogP contribution in [0.5, 0.6) is 0 Å². The van der Waals surface area contributed by atoms with Crippen LogP contribution in [-0.4, -0.2) is 69.3 Å². The van der Waals surface area contributed by atoms with E-state index in [1.54, 1.807) is 4.68 Å². The molecule has 0 aliphatic heterocycles. The Morgan fingerprint density at radius 3 is 2.60 bits per heavy atom. The number of benzene rings is 1. The van der Waals surface area contributed by atoms with Gasteiger partial charge in [-0.3, -0.25) is 0 Å². The predicted molar refractivity (Wildman–Crippen MR) is 78.8 cm³/mol. The summed E-state index contributed by atoms with van der Waals surface area (Å²) < 4.78 is 2.41. The zero-order chi connectivity index (χ0) is 14.6. The lowest BCUT2D eigenvalue weighted by Crippen LogP contribution is -2.42. The molecule has 0 aliphatic rings. The quantitative estimate of drug-likeness (QED) is 0.631. The molecule has 1 unspecified atom stereocenters. The smallest absolute Gasteiger partial charge is 0.214 e. The molecule has 0 aliphatic carbocycles. The standard InChI is InChI=1S/C13H20N5OS/c1-18(2,3)9-12(19)10-20-13-14-15-16-17(13)11-7-5-4-6-8-11/h4-8,12,19H,9-10H2,1-3H3/q+1. The van der Waals surface area contributed by atoms with Crippen molar-refractivity contribution in [2.75, 3.05) is 33.4 Å². The molecule has 0 amide bonds. The van der Waals surface area contributed by atoms with Gasteiger partial charge in [-0.15, -0.1) is 5.10 Å². The van der Waals surface area contributed by atoms with Gasteiger partial charge in [-0.2, -0.15) is 4.68 Å². The fraction of sp³-hybridized carbons (Fsp3) is 0.462. The Labute approximate surface area is 123 Å². The molecule has 108 valence electrons. The number of hydrogen-bond acceptors (Lipinski definition) is 5. The lowest BCUT2D eigenvalue weighted by atomic mass is 10.3. The zero-order valence-electron chi connectivity index (χ0n) is 12.0. The maximum atomic E-state index is 10.0. The first-order chi connectivity index (χ1) is 9.46. The number of para-hydroxylation sites is 1. The third-order valence-electron chi connectivity index (χ3n) is 2.60. The van der Waals surface area contributed by atoms with Crippen LogP contribution in [0.15, 0.2) is 35.5 Å². The molecule has 1 aromatic carbocycles. The van der Waals surface area contributed by atoms with Crippen LogP contribution in [0.4, 0.5) is 0 Å². The second kappa shape index (κ2) is 6.34. The Kier molecular flexibility index (Phi) is 4.74. The average Bonchev–Trinajstić information content (AvgIpc) is 2.83. The molecular formula is C13H20N5OS+. The molecule has 0 fully saturated rings. The molecule has 0 radical (unpaired) electrons. The van der Waals surface area contributed by atoms with Crippen LogP contribution in [0, 0.1) is 0 Å². The Hall–Kier alpha value is -1.44. The number of aliphatic hydroxyl groups is 1. The van der Waals surface area contributed by atoms with E-state index in [1.165, 1.54) is 11.8 Å². The minimum Gasteiger partial charge on any atom is -0.386 e. The summed E-state index contributed by atoms with van der Waals surface area (Å²) in [7, 11) is 6.17. The van der Waals surface area contributed by atoms with Gasteiger partial charge in [0.25, 0.3) is 0 Å². The van der Waals surface area contributed by atoms with Gasteiger partial charge < -0.3 is 9.59 Å². The van der Waals surface area contributed by atoms with E-state index < -0.39 is 0 Å². The summed E-state index contributed by atoms with van der Waals surface area (Å²) in [6, 6.07) is 9.73. The van der Waals surface area contributed by atoms with Crippen molar-refractivity contribution in [3.63, 3.8) is 0 Å². The van der Waals surface area contributed by atoms with Crippen LogP contribution in [0.3, 0.4) is 0 Å². The van der Waals surface area contributed by atoms with E-state index in [9.17, 15) is 5.11 Å². The largest absolute Gasteiger partial charge is 0.386 e. The Balaban J connectivity index is 2.00. The van der Waals surface area contributed by atoms with E-state index in [1.807, 2.05) is 30.3 Å². The second-order valence-electron chi connectivity index (χ2n) is 5.65. The first kappa shape index (κ1) is 15.0. The highest BCUT2D eigenvalue weighted by molar-refractivity contribution is 7.99. The molecule has 1 heterocycles. The number of tetrazole rings is 1. The first-order valence-electron chi connectivity index (χ1n) is 6.41. The minimum absolute atomic E-state index is 0.388. The maximum Gasteiger partial charge on any atom is 0.214 e. The van der Waals surface area contributed by atoms with E-state index >= 15 is 0 Å². The van der Waals surface area contributed by atoms with Crippen LogP contribution in [0.2, 0.25) is 0 Å². The number of hydrogen-bond donors (Lipinski definition) is 1. The SMILES string of the molecule is C[N+](C)(C)CC(O)CSc1nnnn1-c1ccccc1. The molecule has 2 rings (SSSR count). The van der Waals surface area contributed by atoms with Crippen LogP contribution in [-0.2, 0) is 0 Å². The normalized spacial score (nSPS) is 13.4. The van der Waals surface area contributed by atoms with Crippen LogP contribution < -0.4 is 0 Å². The molecule has 0 bridgehead atoms. The number of likely N-dealkylation sites (N-methyl/N-ethyl adjacent to an activating group) is 1. The topological polar surface area (TPSA) is 63.8 Å². The van der Waals surface area contributed by atoms with E-state index in [0.717, 1.165) is 10.2 Å². The third kappa shape index (κ3) is 4.29. The fourth-order valence-electron chi connectivity index (χ4n) is 1.86. The maximum absolute atomic E-state index is 10.0. The van der Waals surface area contributed by atoms with Gasteiger partial charge >= 0.3 is 0 Å². The van der Waals surface area contributed by atoms with Crippen LogP contribution in [0.1, 0.15) is 0 Å². The number of rotatable bonds is 6. The fourth-order valence-corrected chi connectivity index (χ4v) is 2.66. The van der Waals surface area contributed by atoms with Gasteiger partial charge in [0.1, 0.15) is 12.6 Å². The molecule has 1 N–H and O–H groups in total. The minimum atomic E-state index is -0.388. The summed E-state index contributed by atoms with van der Waals surface area (Å²) in [6.07, 6.45) is -0.388. The zero-order valence-corrected chi connectivity index (χ0v) is 12.8. The monoisotopic (exact) mass is 294 g/mol. The number of thioether (sulfide) groups is 1. The second-order valence-corrected chi connectivity index (χ2v) is 6.63. The summed E-state index contributed by atoms with van der Waals surface area (Å²) in [6.45, 7) is 0.694. The summed E-state index contributed by atoms with van der Waals surface area (Å²) >= 11 is 1.46. The number of nitrogens with zero attached hydrogens (tertiary/aromatic N) is 5. The highest BCUT2D eigenvalue weighted by atomic mass is 32.2. The lowest BCUT2D eigenvalue weighted by molar-refractivity contribution is -0.873. The van der Waals surface area contributed by atoms with Gasteiger partial charge in [-0.05, 0) is 22.6 Å². The van der Waals surface area contributed by atoms with E-state index in [2.05, 4.69) is 36.7 Å². The van der Waals surface area contributed by atoms with Crippen molar-refractivity contribution in [1.82, 2.24) is 20.2 Å². The van der Waals surface area contributed by atoms with E-state index in [-0.39, 0.29) is 6.10 Å². The average molecular weight is 294 g/mol. The molecule has 2 aromatic rings. The lowest BCUT2D eigenvalue weighted by Gasteiger charge is -2.26. The first-order valence-corrected chi connectivity index (χ1v) is 7.39. The molecule has 1 atom stereocenters. The van der Waals surface area contributed by atoms with Crippen molar-refractivity contribution >= 4 is 11.8 Å². The van der Waals surface area contributed by atoms with Crippen molar-refractivity contribution in [3.05, 3.63) is 30.3 Å². The van der Waals surface area contributed by atoms with Gasteiger partial charge in [0.15, 0.2) is 0 Å². The van der Waals surface area contributed by atoms with Crippen LogP contribution >= 0.6 is 11.8 Å². The summed E-state index contributed by atoms with van der Waals surface area (Å²) in [4.78, 5) is 0. The summed E-state index contributed by atoms with van der Waals surface area (Å²) in [5.41, 5.74) is 0.918. The highest BCUT2D eigenvalue weighted by Crippen LogP contribution is 2.19.